The van der Waals surface area contributed by atoms with Crippen molar-refractivity contribution in [2.45, 2.75) is 71.4 Å². The average Bonchev–Trinajstić information content (AvgIpc) is 2.58. The Kier molecular flexibility index (Phi) is 7.06. The molecule has 1 aliphatic rings. The van der Waals surface area contributed by atoms with Gasteiger partial charge in [-0.25, -0.2) is 0 Å². The molecule has 0 amide bonds. The Bertz CT molecular complexity index is 162. The van der Waals surface area contributed by atoms with E-state index in [1.165, 1.54) is 58.2 Å². The number of nitrogens with zero attached hydrogens (tertiary/aromatic N) is 1. The first-order chi connectivity index (χ1) is 7.79. The summed E-state index contributed by atoms with van der Waals surface area (Å²) >= 11 is 0. The average molecular weight is 226 g/mol. The van der Waals surface area contributed by atoms with Crippen LogP contribution < -0.4 is 5.32 Å². The molecule has 0 radical (unpaired) electrons. The molecule has 1 saturated heterocycles. The van der Waals surface area contributed by atoms with Gasteiger partial charge in [0.05, 0.1) is 0 Å². The van der Waals surface area contributed by atoms with Crippen LogP contribution in [0.15, 0.2) is 0 Å². The van der Waals surface area contributed by atoms with Crippen LogP contribution in [-0.2, 0) is 0 Å². The van der Waals surface area contributed by atoms with Crippen LogP contribution in [0.5, 0.6) is 0 Å². The van der Waals surface area contributed by atoms with Crippen molar-refractivity contribution >= 4 is 0 Å². The third kappa shape index (κ3) is 4.42. The van der Waals surface area contributed by atoms with Gasteiger partial charge in [-0.05, 0) is 45.7 Å². The lowest BCUT2D eigenvalue weighted by Gasteiger charge is -2.36. The topological polar surface area (TPSA) is 15.3 Å². The molecule has 1 heterocycles. The first-order valence-electron chi connectivity index (χ1n) is 7.26. The smallest absolute Gasteiger partial charge is 0.0223 e. The van der Waals surface area contributed by atoms with Crippen molar-refractivity contribution in [1.82, 2.24) is 10.2 Å². The van der Waals surface area contributed by atoms with Crippen LogP contribution in [0.4, 0.5) is 0 Å². The molecular formula is C14H30N2. The van der Waals surface area contributed by atoms with E-state index in [-0.39, 0.29) is 0 Å². The largest absolute Gasteiger partial charge is 0.315 e. The molecule has 1 fully saturated rings. The third-order valence-electron chi connectivity index (χ3n) is 3.92. The monoisotopic (exact) mass is 226 g/mol. The summed E-state index contributed by atoms with van der Waals surface area (Å²) in [5, 5.41) is 3.59. The van der Waals surface area contributed by atoms with Crippen molar-refractivity contribution in [2.75, 3.05) is 19.6 Å². The molecule has 0 saturated carbocycles. The Labute approximate surface area is 102 Å². The summed E-state index contributed by atoms with van der Waals surface area (Å²) in [7, 11) is 0. The molecular weight excluding hydrogens is 196 g/mol. The van der Waals surface area contributed by atoms with E-state index in [1.807, 2.05) is 0 Å². The van der Waals surface area contributed by atoms with E-state index in [0.29, 0.717) is 0 Å². The first-order valence-corrected chi connectivity index (χ1v) is 7.26. The van der Waals surface area contributed by atoms with Gasteiger partial charge in [0.25, 0.3) is 0 Å². The molecule has 2 atom stereocenters. The van der Waals surface area contributed by atoms with Crippen LogP contribution in [-0.4, -0.2) is 36.6 Å². The molecule has 2 nitrogen and oxygen atoms in total. The molecule has 0 aromatic carbocycles. The second-order valence-electron chi connectivity index (χ2n) is 5.20. The molecule has 1 rings (SSSR count). The molecule has 1 aliphatic heterocycles. The second kappa shape index (κ2) is 8.08. The maximum Gasteiger partial charge on any atom is 0.0223 e. The molecule has 16 heavy (non-hydrogen) atoms. The molecule has 2 heteroatoms. The van der Waals surface area contributed by atoms with Crippen molar-refractivity contribution in [3.05, 3.63) is 0 Å². The SMILES string of the molecule is CCCCN(C(C)CC)C1CCCCNC1. The Morgan fingerprint density at radius 3 is 2.81 bits per heavy atom. The fourth-order valence-corrected chi connectivity index (χ4v) is 2.62. The fraction of sp³-hybridized carbons (Fsp3) is 1.00. The van der Waals surface area contributed by atoms with Crippen molar-refractivity contribution in [3.8, 4) is 0 Å². The van der Waals surface area contributed by atoms with Gasteiger partial charge in [-0.1, -0.05) is 26.7 Å². The van der Waals surface area contributed by atoms with Crippen molar-refractivity contribution in [2.24, 2.45) is 0 Å². The summed E-state index contributed by atoms with van der Waals surface area (Å²) in [5.41, 5.74) is 0. The van der Waals surface area contributed by atoms with Crippen LogP contribution >= 0.6 is 0 Å². The molecule has 96 valence electrons. The van der Waals surface area contributed by atoms with Gasteiger partial charge in [0.1, 0.15) is 0 Å². The number of rotatable bonds is 6. The molecule has 1 N–H and O–H groups in total. The summed E-state index contributed by atoms with van der Waals surface area (Å²) < 4.78 is 0. The number of nitrogens with one attached hydrogen (secondary N) is 1. The Morgan fingerprint density at radius 1 is 1.31 bits per heavy atom. The Hall–Kier alpha value is -0.0800. The van der Waals surface area contributed by atoms with E-state index in [9.17, 15) is 0 Å². The lowest BCUT2D eigenvalue weighted by atomic mass is 10.1. The highest BCUT2D eigenvalue weighted by molar-refractivity contribution is 4.80. The minimum Gasteiger partial charge on any atom is -0.315 e. The van der Waals surface area contributed by atoms with Crippen molar-refractivity contribution < 1.29 is 0 Å². The van der Waals surface area contributed by atoms with Crippen molar-refractivity contribution in [1.29, 1.82) is 0 Å². The fourth-order valence-electron chi connectivity index (χ4n) is 2.62. The minimum atomic E-state index is 0.747. The summed E-state index contributed by atoms with van der Waals surface area (Å²) in [6, 6.07) is 1.53. The second-order valence-corrected chi connectivity index (χ2v) is 5.20. The van der Waals surface area contributed by atoms with E-state index in [2.05, 4.69) is 31.0 Å². The van der Waals surface area contributed by atoms with E-state index >= 15 is 0 Å². The summed E-state index contributed by atoms with van der Waals surface area (Å²) in [5.74, 6) is 0. The first kappa shape index (κ1) is 14.0. The van der Waals surface area contributed by atoms with E-state index in [4.69, 9.17) is 0 Å². The maximum absolute atomic E-state index is 3.59. The van der Waals surface area contributed by atoms with Gasteiger partial charge in [-0.15, -0.1) is 0 Å². The van der Waals surface area contributed by atoms with Gasteiger partial charge in [0, 0.05) is 18.6 Å². The zero-order chi connectivity index (χ0) is 11.8. The third-order valence-corrected chi connectivity index (χ3v) is 3.92. The zero-order valence-electron chi connectivity index (χ0n) is 11.5. The van der Waals surface area contributed by atoms with Gasteiger partial charge in [-0.3, -0.25) is 4.90 Å². The molecule has 0 aromatic heterocycles. The van der Waals surface area contributed by atoms with Crippen molar-refractivity contribution in [3.63, 3.8) is 0 Å². The Morgan fingerprint density at radius 2 is 2.12 bits per heavy atom. The lowest BCUT2D eigenvalue weighted by molar-refractivity contribution is 0.131. The molecule has 0 bridgehead atoms. The van der Waals surface area contributed by atoms with E-state index in [1.54, 1.807) is 0 Å². The predicted molar refractivity (Wildman–Crippen MR) is 71.9 cm³/mol. The van der Waals surface area contributed by atoms with Crippen LogP contribution in [0, 0.1) is 0 Å². The van der Waals surface area contributed by atoms with Crippen LogP contribution in [0.2, 0.25) is 0 Å². The Balaban J connectivity index is 2.50. The van der Waals surface area contributed by atoms with Crippen LogP contribution in [0.25, 0.3) is 0 Å². The summed E-state index contributed by atoms with van der Waals surface area (Å²) in [6.07, 6.45) is 8.09. The highest BCUT2D eigenvalue weighted by Crippen LogP contribution is 2.16. The molecule has 0 aromatic rings. The minimum absolute atomic E-state index is 0.747. The highest BCUT2D eigenvalue weighted by Gasteiger charge is 2.22. The standard InChI is InChI=1S/C14H30N2/c1-4-6-11-16(13(3)5-2)14-9-7-8-10-15-12-14/h13-15H,4-12H2,1-3H3. The molecule has 2 unspecified atom stereocenters. The summed E-state index contributed by atoms with van der Waals surface area (Å²) in [4.78, 5) is 2.75. The normalized spacial score (nSPS) is 24.4. The lowest BCUT2D eigenvalue weighted by Crippen LogP contribution is -2.46. The zero-order valence-corrected chi connectivity index (χ0v) is 11.5. The highest BCUT2D eigenvalue weighted by atomic mass is 15.2. The van der Waals surface area contributed by atoms with Gasteiger partial charge in [0.15, 0.2) is 0 Å². The number of hydrogen-bond donors (Lipinski definition) is 1. The molecule has 0 spiro atoms. The van der Waals surface area contributed by atoms with Crippen LogP contribution in [0.1, 0.15) is 59.3 Å². The van der Waals surface area contributed by atoms with Gasteiger partial charge in [-0.2, -0.15) is 0 Å². The van der Waals surface area contributed by atoms with Gasteiger partial charge < -0.3 is 5.32 Å². The van der Waals surface area contributed by atoms with Gasteiger partial charge in [0.2, 0.25) is 0 Å². The summed E-state index contributed by atoms with van der Waals surface area (Å²) in [6.45, 7) is 10.7. The van der Waals surface area contributed by atoms with Gasteiger partial charge >= 0.3 is 0 Å². The van der Waals surface area contributed by atoms with Crippen LogP contribution in [0.3, 0.4) is 0 Å². The predicted octanol–water partition coefficient (Wildman–Crippen LogP) is 3.03. The van der Waals surface area contributed by atoms with E-state index < -0.39 is 0 Å². The maximum atomic E-state index is 3.59. The molecule has 0 aliphatic carbocycles. The van der Waals surface area contributed by atoms with E-state index in [0.717, 1.165) is 12.1 Å². The number of hydrogen-bond acceptors (Lipinski definition) is 2. The number of unbranched alkanes of at least 4 members (excludes halogenated alkanes) is 1. The quantitative estimate of drug-likeness (QED) is 0.749.